The number of rotatable bonds is 4. The summed E-state index contributed by atoms with van der Waals surface area (Å²) in [5, 5.41) is 15.1. The number of aromatic nitrogens is 3. The van der Waals surface area contributed by atoms with Crippen molar-refractivity contribution in [3.05, 3.63) is 42.2 Å². The SMILES string of the molecule is CC(C)(NC(=O)C1CC12CCNCC2)c1cn(-c2ccccc2)nn1. The van der Waals surface area contributed by atoms with Crippen molar-refractivity contribution >= 4 is 5.91 Å². The van der Waals surface area contributed by atoms with Gasteiger partial charge in [-0.2, -0.15) is 0 Å². The summed E-state index contributed by atoms with van der Waals surface area (Å²) in [4.78, 5) is 12.8. The molecule has 2 N–H and O–H groups in total. The first-order valence-corrected chi connectivity index (χ1v) is 9.01. The standard InChI is InChI=1S/C19H25N5O/c1-18(2,16-13-24(23-22-16)14-6-4-3-5-7-14)21-17(25)15-12-19(15)8-10-20-11-9-19/h3-7,13,15,20H,8-12H2,1-2H3,(H,21,25). The molecular formula is C19H25N5O. The second-order valence-corrected chi connectivity index (χ2v) is 7.87. The van der Waals surface area contributed by atoms with E-state index in [9.17, 15) is 4.79 Å². The van der Waals surface area contributed by atoms with Gasteiger partial charge in [0.1, 0.15) is 5.69 Å². The van der Waals surface area contributed by atoms with Crippen LogP contribution in [0.25, 0.3) is 5.69 Å². The fourth-order valence-corrected chi connectivity index (χ4v) is 3.91. The molecular weight excluding hydrogens is 314 g/mol. The molecule has 1 atom stereocenters. The largest absolute Gasteiger partial charge is 0.345 e. The average Bonchev–Trinajstić information content (AvgIpc) is 3.08. The fourth-order valence-electron chi connectivity index (χ4n) is 3.91. The number of nitrogens with zero attached hydrogens (tertiary/aromatic N) is 3. The summed E-state index contributed by atoms with van der Waals surface area (Å²) in [7, 11) is 0. The Labute approximate surface area is 148 Å². The van der Waals surface area contributed by atoms with Gasteiger partial charge in [0.25, 0.3) is 0 Å². The maximum Gasteiger partial charge on any atom is 0.224 e. The van der Waals surface area contributed by atoms with Gasteiger partial charge in [0.15, 0.2) is 0 Å². The minimum Gasteiger partial charge on any atom is -0.345 e. The predicted octanol–water partition coefficient (Wildman–Crippen LogP) is 2.01. The first kappa shape index (κ1) is 16.3. The summed E-state index contributed by atoms with van der Waals surface area (Å²) in [6, 6.07) is 9.87. The van der Waals surface area contributed by atoms with E-state index in [0.29, 0.717) is 0 Å². The summed E-state index contributed by atoms with van der Waals surface area (Å²) in [5.41, 5.74) is 1.43. The lowest BCUT2D eigenvalue weighted by Gasteiger charge is -2.26. The molecule has 1 amide bonds. The molecule has 1 spiro atoms. The number of amides is 1. The number of para-hydroxylation sites is 1. The molecule has 2 heterocycles. The molecule has 1 saturated heterocycles. The van der Waals surface area contributed by atoms with Crippen molar-refractivity contribution < 1.29 is 4.79 Å². The van der Waals surface area contributed by atoms with Crippen molar-refractivity contribution in [3.63, 3.8) is 0 Å². The Balaban J connectivity index is 1.45. The lowest BCUT2D eigenvalue weighted by Crippen LogP contribution is -2.43. The first-order chi connectivity index (χ1) is 12.0. The Kier molecular flexibility index (Phi) is 3.87. The van der Waals surface area contributed by atoms with Gasteiger partial charge in [-0.05, 0) is 63.7 Å². The van der Waals surface area contributed by atoms with Crippen LogP contribution in [-0.4, -0.2) is 34.0 Å². The van der Waals surface area contributed by atoms with Crippen LogP contribution in [0.4, 0.5) is 0 Å². The van der Waals surface area contributed by atoms with Crippen molar-refractivity contribution in [1.82, 2.24) is 25.6 Å². The van der Waals surface area contributed by atoms with E-state index in [1.807, 2.05) is 50.4 Å². The third-order valence-corrected chi connectivity index (χ3v) is 5.70. The number of hydrogen-bond donors (Lipinski definition) is 2. The highest BCUT2D eigenvalue weighted by atomic mass is 16.2. The zero-order chi connectivity index (χ0) is 17.5. The molecule has 1 aliphatic heterocycles. The Morgan fingerprint density at radius 2 is 2.00 bits per heavy atom. The van der Waals surface area contributed by atoms with E-state index in [2.05, 4.69) is 20.9 Å². The second-order valence-electron chi connectivity index (χ2n) is 7.87. The van der Waals surface area contributed by atoms with E-state index >= 15 is 0 Å². The zero-order valence-electron chi connectivity index (χ0n) is 14.8. The number of carbonyl (C=O) groups is 1. The van der Waals surface area contributed by atoms with E-state index in [1.165, 1.54) is 0 Å². The highest BCUT2D eigenvalue weighted by Gasteiger charge is 2.58. The molecule has 0 radical (unpaired) electrons. The van der Waals surface area contributed by atoms with Gasteiger partial charge in [-0.15, -0.1) is 5.10 Å². The van der Waals surface area contributed by atoms with Gasteiger partial charge >= 0.3 is 0 Å². The number of hydrogen-bond acceptors (Lipinski definition) is 4. The van der Waals surface area contributed by atoms with Crippen LogP contribution >= 0.6 is 0 Å². The molecule has 132 valence electrons. The van der Waals surface area contributed by atoms with Crippen molar-refractivity contribution in [2.24, 2.45) is 11.3 Å². The number of nitrogens with one attached hydrogen (secondary N) is 2. The lowest BCUT2D eigenvalue weighted by atomic mass is 9.91. The summed E-state index contributed by atoms with van der Waals surface area (Å²) >= 11 is 0. The van der Waals surface area contributed by atoms with Crippen molar-refractivity contribution in [2.75, 3.05) is 13.1 Å². The van der Waals surface area contributed by atoms with Crippen molar-refractivity contribution in [3.8, 4) is 5.69 Å². The number of carbonyl (C=O) groups excluding carboxylic acids is 1. The zero-order valence-corrected chi connectivity index (χ0v) is 14.8. The van der Waals surface area contributed by atoms with E-state index in [4.69, 9.17) is 0 Å². The van der Waals surface area contributed by atoms with Crippen molar-refractivity contribution in [2.45, 2.75) is 38.6 Å². The normalized spacial score (nSPS) is 21.9. The molecule has 25 heavy (non-hydrogen) atoms. The van der Waals surface area contributed by atoms with Crippen LogP contribution in [0.3, 0.4) is 0 Å². The minimum absolute atomic E-state index is 0.151. The third-order valence-electron chi connectivity index (χ3n) is 5.70. The molecule has 0 bridgehead atoms. The average molecular weight is 339 g/mol. The van der Waals surface area contributed by atoms with Gasteiger partial charge in [-0.1, -0.05) is 23.4 Å². The van der Waals surface area contributed by atoms with E-state index in [0.717, 1.165) is 43.7 Å². The Hall–Kier alpha value is -2.21. The molecule has 4 rings (SSSR count). The number of benzene rings is 1. The first-order valence-electron chi connectivity index (χ1n) is 9.01. The fraction of sp³-hybridized carbons (Fsp3) is 0.526. The highest BCUT2D eigenvalue weighted by molar-refractivity contribution is 5.83. The predicted molar refractivity (Wildman–Crippen MR) is 95.2 cm³/mol. The summed E-state index contributed by atoms with van der Waals surface area (Å²) in [6.45, 7) is 6.03. The quantitative estimate of drug-likeness (QED) is 0.894. The summed E-state index contributed by atoms with van der Waals surface area (Å²) < 4.78 is 1.74. The monoisotopic (exact) mass is 339 g/mol. The second kappa shape index (κ2) is 5.95. The lowest BCUT2D eigenvalue weighted by molar-refractivity contribution is -0.125. The van der Waals surface area contributed by atoms with E-state index < -0.39 is 5.54 Å². The van der Waals surface area contributed by atoms with E-state index in [1.54, 1.807) is 4.68 Å². The van der Waals surface area contributed by atoms with Crippen LogP contribution < -0.4 is 10.6 Å². The topological polar surface area (TPSA) is 71.8 Å². The molecule has 1 unspecified atom stereocenters. The van der Waals surface area contributed by atoms with Crippen LogP contribution in [0.2, 0.25) is 0 Å². The maximum atomic E-state index is 12.8. The summed E-state index contributed by atoms with van der Waals surface area (Å²) in [6.07, 6.45) is 5.13. The van der Waals surface area contributed by atoms with Crippen LogP contribution in [0.1, 0.15) is 38.8 Å². The third kappa shape index (κ3) is 3.06. The van der Waals surface area contributed by atoms with Gasteiger partial charge in [-0.25, -0.2) is 4.68 Å². The Morgan fingerprint density at radius 1 is 1.28 bits per heavy atom. The molecule has 6 heteroatoms. The minimum atomic E-state index is -0.541. The molecule has 2 aliphatic rings. The molecule has 1 saturated carbocycles. The smallest absolute Gasteiger partial charge is 0.224 e. The molecule has 2 aromatic rings. The molecule has 1 aromatic heterocycles. The molecule has 2 fully saturated rings. The van der Waals surface area contributed by atoms with Crippen LogP contribution in [0.15, 0.2) is 36.5 Å². The Bertz CT molecular complexity index is 761. The van der Waals surface area contributed by atoms with Crippen LogP contribution in [0, 0.1) is 11.3 Å². The van der Waals surface area contributed by atoms with Gasteiger partial charge in [0, 0.05) is 5.92 Å². The Morgan fingerprint density at radius 3 is 2.72 bits per heavy atom. The van der Waals surface area contributed by atoms with Crippen molar-refractivity contribution in [1.29, 1.82) is 0 Å². The van der Waals surface area contributed by atoms with Crippen LogP contribution in [0.5, 0.6) is 0 Å². The van der Waals surface area contributed by atoms with Gasteiger partial charge in [0.2, 0.25) is 5.91 Å². The van der Waals surface area contributed by atoms with E-state index in [-0.39, 0.29) is 17.2 Å². The summed E-state index contributed by atoms with van der Waals surface area (Å²) in [5.74, 6) is 0.305. The van der Waals surface area contributed by atoms with Gasteiger partial charge in [0.05, 0.1) is 17.4 Å². The number of piperidine rings is 1. The maximum absolute atomic E-state index is 12.8. The van der Waals surface area contributed by atoms with Gasteiger partial charge < -0.3 is 10.6 Å². The molecule has 6 nitrogen and oxygen atoms in total. The van der Waals surface area contributed by atoms with Crippen LogP contribution in [-0.2, 0) is 10.3 Å². The molecule has 1 aromatic carbocycles. The highest BCUT2D eigenvalue weighted by Crippen LogP contribution is 2.58. The molecule has 1 aliphatic carbocycles. The van der Waals surface area contributed by atoms with Gasteiger partial charge in [-0.3, -0.25) is 4.79 Å².